The molecular weight excluding hydrogens is 679 g/mol. The molecule has 0 aliphatic rings. The number of rotatable bonds is 8. The minimum absolute atomic E-state index is 0.879. The first-order valence-electron chi connectivity index (χ1n) is 19.1. The van der Waals surface area contributed by atoms with Crippen LogP contribution in [0.2, 0.25) is 0 Å². The van der Waals surface area contributed by atoms with Crippen molar-refractivity contribution in [3.8, 4) is 55.8 Å². The molecule has 0 amide bonds. The van der Waals surface area contributed by atoms with Crippen LogP contribution in [0.4, 0.5) is 17.1 Å². The molecule has 0 saturated carbocycles. The molecule has 0 aliphatic heterocycles. The minimum Gasteiger partial charge on any atom is -0.456 e. The zero-order valence-electron chi connectivity index (χ0n) is 30.7. The first kappa shape index (κ1) is 33.2. The van der Waals surface area contributed by atoms with Crippen molar-refractivity contribution >= 4 is 38.8 Å². The summed E-state index contributed by atoms with van der Waals surface area (Å²) in [4.78, 5) is 2.34. The number of anilines is 3. The van der Waals surface area contributed by atoms with Gasteiger partial charge in [0, 0.05) is 28.0 Å². The van der Waals surface area contributed by atoms with Crippen LogP contribution in [0.3, 0.4) is 0 Å². The van der Waals surface area contributed by atoms with E-state index in [2.05, 4.69) is 211 Å². The van der Waals surface area contributed by atoms with Gasteiger partial charge in [0.25, 0.3) is 0 Å². The fraction of sp³-hybridized carbons (Fsp3) is 0. The summed E-state index contributed by atoms with van der Waals surface area (Å²) in [6, 6.07) is 80.0. The zero-order valence-corrected chi connectivity index (χ0v) is 30.7. The third-order valence-electron chi connectivity index (χ3n) is 10.7. The molecule has 10 aromatic rings. The zero-order chi connectivity index (χ0) is 37.3. The van der Waals surface area contributed by atoms with E-state index in [9.17, 15) is 0 Å². The van der Waals surface area contributed by atoms with Gasteiger partial charge in [0.05, 0.1) is 0 Å². The van der Waals surface area contributed by atoms with Gasteiger partial charge in [0.1, 0.15) is 11.3 Å². The molecule has 1 aromatic heterocycles. The lowest BCUT2D eigenvalue weighted by molar-refractivity contribution is 0.632. The smallest absolute Gasteiger partial charge is 0.136 e. The number of furan rings is 1. The summed E-state index contributed by atoms with van der Waals surface area (Å²) in [7, 11) is 0. The van der Waals surface area contributed by atoms with Crippen molar-refractivity contribution in [3.05, 3.63) is 224 Å². The summed E-state index contributed by atoms with van der Waals surface area (Å²) in [6.07, 6.45) is 0. The molecule has 0 unspecified atom stereocenters. The highest BCUT2D eigenvalue weighted by Gasteiger charge is 2.15. The molecule has 0 bridgehead atoms. The van der Waals surface area contributed by atoms with Gasteiger partial charge < -0.3 is 9.32 Å². The van der Waals surface area contributed by atoms with Crippen LogP contribution in [-0.2, 0) is 0 Å². The molecule has 0 spiro atoms. The van der Waals surface area contributed by atoms with Gasteiger partial charge in [0.15, 0.2) is 0 Å². The van der Waals surface area contributed by atoms with Crippen LogP contribution < -0.4 is 4.90 Å². The van der Waals surface area contributed by atoms with Gasteiger partial charge in [-0.3, -0.25) is 0 Å². The van der Waals surface area contributed by atoms with E-state index in [0.29, 0.717) is 0 Å². The summed E-state index contributed by atoms with van der Waals surface area (Å²) in [5.41, 5.74) is 14.8. The van der Waals surface area contributed by atoms with E-state index in [1.807, 2.05) is 18.2 Å². The van der Waals surface area contributed by atoms with Crippen LogP contribution >= 0.6 is 0 Å². The second kappa shape index (κ2) is 14.4. The molecule has 0 fully saturated rings. The minimum atomic E-state index is 0.879. The SMILES string of the molecule is c1ccc(-c2ccc(-c3ccc(N(c4ccc(-c5ccc(-c6ccccc6-c6cc7ccccc7o6)cc5)cc4)c4ccc5ccccc5c4)cc3)cc2)cc1. The number of nitrogens with zero attached hydrogens (tertiary/aromatic N) is 1. The van der Waals surface area contributed by atoms with Crippen molar-refractivity contribution in [2.45, 2.75) is 0 Å². The summed E-state index contributed by atoms with van der Waals surface area (Å²) >= 11 is 0. The summed E-state index contributed by atoms with van der Waals surface area (Å²) in [5, 5.41) is 3.55. The second-order valence-corrected chi connectivity index (χ2v) is 14.2. The predicted molar refractivity (Wildman–Crippen MR) is 236 cm³/mol. The summed E-state index contributed by atoms with van der Waals surface area (Å²) in [5.74, 6) is 0.879. The Morgan fingerprint density at radius 3 is 1.29 bits per heavy atom. The lowest BCUT2D eigenvalue weighted by atomic mass is 9.96. The first-order chi connectivity index (χ1) is 27.7. The lowest BCUT2D eigenvalue weighted by Crippen LogP contribution is -2.09. The molecule has 2 nitrogen and oxygen atoms in total. The average Bonchev–Trinajstić information content (AvgIpc) is 3.72. The van der Waals surface area contributed by atoms with Crippen LogP contribution in [0.15, 0.2) is 229 Å². The van der Waals surface area contributed by atoms with E-state index in [4.69, 9.17) is 4.42 Å². The number of hydrogen-bond acceptors (Lipinski definition) is 2. The van der Waals surface area contributed by atoms with Crippen molar-refractivity contribution in [1.29, 1.82) is 0 Å². The van der Waals surface area contributed by atoms with Crippen LogP contribution in [0.1, 0.15) is 0 Å². The molecule has 1 heterocycles. The average molecular weight is 716 g/mol. The molecule has 56 heavy (non-hydrogen) atoms. The van der Waals surface area contributed by atoms with Crippen LogP contribution in [0.5, 0.6) is 0 Å². The van der Waals surface area contributed by atoms with Crippen LogP contribution in [-0.4, -0.2) is 0 Å². The Hall–Kier alpha value is -7.42. The number of fused-ring (bicyclic) bond motifs is 2. The van der Waals surface area contributed by atoms with E-state index in [-0.39, 0.29) is 0 Å². The normalized spacial score (nSPS) is 11.2. The van der Waals surface area contributed by atoms with Crippen molar-refractivity contribution in [2.24, 2.45) is 0 Å². The van der Waals surface area contributed by atoms with Gasteiger partial charge in [-0.05, 0) is 104 Å². The van der Waals surface area contributed by atoms with Gasteiger partial charge in [-0.1, -0.05) is 176 Å². The van der Waals surface area contributed by atoms with E-state index >= 15 is 0 Å². The number of hydrogen-bond donors (Lipinski definition) is 0. The molecule has 2 heteroatoms. The monoisotopic (exact) mass is 715 g/mol. The van der Waals surface area contributed by atoms with E-state index in [1.54, 1.807) is 0 Å². The Morgan fingerprint density at radius 2 is 0.696 bits per heavy atom. The number of benzene rings is 9. The van der Waals surface area contributed by atoms with Gasteiger partial charge in [-0.2, -0.15) is 0 Å². The highest BCUT2D eigenvalue weighted by Crippen LogP contribution is 2.39. The van der Waals surface area contributed by atoms with E-state index in [1.165, 1.54) is 44.2 Å². The predicted octanol–water partition coefficient (Wildman–Crippen LogP) is 15.4. The maximum Gasteiger partial charge on any atom is 0.136 e. The molecule has 0 atom stereocenters. The Bertz CT molecular complexity index is 2890. The largest absolute Gasteiger partial charge is 0.456 e. The summed E-state index contributed by atoms with van der Waals surface area (Å²) < 4.78 is 6.26. The third-order valence-corrected chi connectivity index (χ3v) is 10.7. The molecular formula is C54H37NO. The lowest BCUT2D eigenvalue weighted by Gasteiger charge is -2.26. The molecule has 0 N–H and O–H groups in total. The molecule has 10 rings (SSSR count). The van der Waals surface area contributed by atoms with Gasteiger partial charge in [0.2, 0.25) is 0 Å². The Balaban J connectivity index is 0.950. The standard InChI is InChI=1S/C54H37NO/c1-2-10-38(11-3-1)40-18-20-41(21-19-40)43-26-31-48(32-27-43)55(50-35-30-39-12-4-5-13-46(39)36-50)49-33-28-44(29-34-49)42-22-24-45(25-23-42)51-15-7-8-16-52(51)54-37-47-14-6-9-17-53(47)56-54/h1-37H. The number of para-hydroxylation sites is 1. The van der Waals surface area contributed by atoms with Crippen molar-refractivity contribution in [3.63, 3.8) is 0 Å². The maximum atomic E-state index is 6.26. The third kappa shape index (κ3) is 6.44. The molecule has 0 radical (unpaired) electrons. The topological polar surface area (TPSA) is 16.4 Å². The van der Waals surface area contributed by atoms with Crippen molar-refractivity contribution in [2.75, 3.05) is 4.90 Å². The highest BCUT2D eigenvalue weighted by molar-refractivity contribution is 5.91. The molecule has 264 valence electrons. The van der Waals surface area contributed by atoms with Gasteiger partial charge in [-0.25, -0.2) is 0 Å². The van der Waals surface area contributed by atoms with Gasteiger partial charge >= 0.3 is 0 Å². The fourth-order valence-electron chi connectivity index (χ4n) is 7.76. The van der Waals surface area contributed by atoms with Crippen molar-refractivity contribution < 1.29 is 4.42 Å². The van der Waals surface area contributed by atoms with E-state index in [0.717, 1.165) is 50.5 Å². The Labute approximate surface area is 327 Å². The molecule has 0 aliphatic carbocycles. The molecule has 9 aromatic carbocycles. The Morgan fingerprint density at radius 1 is 0.268 bits per heavy atom. The molecule has 0 saturated heterocycles. The van der Waals surface area contributed by atoms with Crippen molar-refractivity contribution in [1.82, 2.24) is 0 Å². The van der Waals surface area contributed by atoms with Crippen LogP contribution in [0.25, 0.3) is 77.6 Å². The summed E-state index contributed by atoms with van der Waals surface area (Å²) in [6.45, 7) is 0. The quantitative estimate of drug-likeness (QED) is 0.156. The second-order valence-electron chi connectivity index (χ2n) is 14.2. The van der Waals surface area contributed by atoms with Gasteiger partial charge in [-0.15, -0.1) is 0 Å². The van der Waals surface area contributed by atoms with Crippen LogP contribution in [0, 0.1) is 0 Å². The fourth-order valence-corrected chi connectivity index (χ4v) is 7.76. The van der Waals surface area contributed by atoms with E-state index < -0.39 is 0 Å². The Kier molecular flexibility index (Phi) is 8.55. The maximum absolute atomic E-state index is 6.26. The highest BCUT2D eigenvalue weighted by atomic mass is 16.3. The first-order valence-corrected chi connectivity index (χ1v) is 19.1.